The lowest BCUT2D eigenvalue weighted by atomic mass is 10.2. The number of halogens is 1. The summed E-state index contributed by atoms with van der Waals surface area (Å²) in [6, 6.07) is 10.5. The zero-order valence-electron chi connectivity index (χ0n) is 14.3. The Hall–Kier alpha value is -2.71. The number of hydrogen-bond acceptors (Lipinski definition) is 6. The largest absolute Gasteiger partial charge is 0.492 e. The SMILES string of the molecule is Cc1cc(Cl)ccc1OCCSc1nc(-c2ccco2)nc2cc(=O)[nH]n12. The third-order valence-electron chi connectivity index (χ3n) is 3.78. The Morgan fingerprint density at radius 1 is 1.30 bits per heavy atom. The van der Waals surface area contributed by atoms with Gasteiger partial charge in [0, 0.05) is 16.8 Å². The van der Waals surface area contributed by atoms with Crippen molar-refractivity contribution in [2.45, 2.75) is 12.1 Å². The summed E-state index contributed by atoms with van der Waals surface area (Å²) in [6.07, 6.45) is 1.56. The zero-order chi connectivity index (χ0) is 18.8. The van der Waals surface area contributed by atoms with E-state index in [0.717, 1.165) is 11.3 Å². The lowest BCUT2D eigenvalue weighted by molar-refractivity contribution is 0.341. The molecule has 3 heterocycles. The number of fused-ring (bicyclic) bond motifs is 1. The number of thioether (sulfide) groups is 1. The quantitative estimate of drug-likeness (QED) is 0.390. The average molecular weight is 403 g/mol. The zero-order valence-corrected chi connectivity index (χ0v) is 15.9. The summed E-state index contributed by atoms with van der Waals surface area (Å²) in [7, 11) is 0. The first-order chi connectivity index (χ1) is 13.1. The number of benzene rings is 1. The highest BCUT2D eigenvalue weighted by Crippen LogP contribution is 2.24. The molecule has 138 valence electrons. The smallest absolute Gasteiger partial charge is 0.266 e. The van der Waals surface area contributed by atoms with E-state index in [1.165, 1.54) is 17.8 Å². The Balaban J connectivity index is 1.51. The van der Waals surface area contributed by atoms with Crippen molar-refractivity contribution >= 4 is 29.0 Å². The predicted octanol–water partition coefficient (Wildman–Crippen LogP) is 3.81. The highest BCUT2D eigenvalue weighted by atomic mass is 35.5. The van der Waals surface area contributed by atoms with Crippen molar-refractivity contribution in [2.24, 2.45) is 0 Å². The van der Waals surface area contributed by atoms with Crippen LogP contribution < -0.4 is 10.3 Å². The minimum atomic E-state index is -0.240. The number of nitrogens with one attached hydrogen (secondary N) is 1. The normalized spacial score (nSPS) is 11.2. The molecule has 0 saturated heterocycles. The van der Waals surface area contributed by atoms with E-state index in [-0.39, 0.29) is 5.56 Å². The second kappa shape index (κ2) is 7.50. The highest BCUT2D eigenvalue weighted by molar-refractivity contribution is 7.99. The molecule has 0 aliphatic heterocycles. The van der Waals surface area contributed by atoms with Gasteiger partial charge < -0.3 is 9.15 Å². The molecule has 7 nitrogen and oxygen atoms in total. The molecule has 0 radical (unpaired) electrons. The minimum Gasteiger partial charge on any atom is -0.492 e. The molecule has 1 aromatic carbocycles. The molecule has 4 rings (SSSR count). The second-order valence-corrected chi connectivity index (χ2v) is 7.23. The van der Waals surface area contributed by atoms with E-state index in [9.17, 15) is 4.79 Å². The van der Waals surface area contributed by atoms with Crippen LogP contribution in [0.2, 0.25) is 5.02 Å². The fourth-order valence-corrected chi connectivity index (χ4v) is 3.55. The first kappa shape index (κ1) is 17.7. The van der Waals surface area contributed by atoms with Crippen LogP contribution in [-0.4, -0.2) is 31.9 Å². The molecule has 0 saturated carbocycles. The van der Waals surface area contributed by atoms with E-state index < -0.39 is 0 Å². The van der Waals surface area contributed by atoms with Gasteiger partial charge >= 0.3 is 0 Å². The predicted molar refractivity (Wildman–Crippen MR) is 104 cm³/mol. The van der Waals surface area contributed by atoms with E-state index in [4.69, 9.17) is 20.8 Å². The molecule has 0 amide bonds. The van der Waals surface area contributed by atoms with Crippen LogP contribution in [0.1, 0.15) is 5.56 Å². The molecule has 1 N–H and O–H groups in total. The highest BCUT2D eigenvalue weighted by Gasteiger charge is 2.13. The van der Waals surface area contributed by atoms with Crippen molar-refractivity contribution in [3.05, 3.63) is 63.6 Å². The van der Waals surface area contributed by atoms with Crippen LogP contribution in [0.15, 0.2) is 57.0 Å². The standard InChI is InChI=1S/C18H15ClN4O3S/c1-11-9-12(19)4-5-13(11)26-7-8-27-18-21-17(14-3-2-6-25-14)20-15-10-16(24)22-23(15)18/h2-6,9-10H,7-8H2,1H3,(H,22,24). The Kier molecular flexibility index (Phi) is 4.91. The molecule has 9 heteroatoms. The summed E-state index contributed by atoms with van der Waals surface area (Å²) in [5.74, 6) is 2.39. The number of rotatable bonds is 6. The van der Waals surface area contributed by atoms with Crippen LogP contribution in [0, 0.1) is 6.92 Å². The number of hydrogen-bond donors (Lipinski definition) is 1. The molecule has 0 aliphatic rings. The monoisotopic (exact) mass is 402 g/mol. The van der Waals surface area contributed by atoms with Gasteiger partial charge in [0.05, 0.1) is 12.9 Å². The van der Waals surface area contributed by atoms with E-state index in [0.29, 0.717) is 39.8 Å². The molecule has 3 aromatic heterocycles. The molecule has 0 aliphatic carbocycles. The molecule has 0 fully saturated rings. The first-order valence-corrected chi connectivity index (χ1v) is 9.52. The number of aromatic amines is 1. The lowest BCUT2D eigenvalue weighted by Gasteiger charge is -2.10. The Bertz CT molecular complexity index is 1140. The number of ether oxygens (including phenoxy) is 1. The Morgan fingerprint density at radius 2 is 2.19 bits per heavy atom. The van der Waals surface area contributed by atoms with Crippen molar-refractivity contribution in [2.75, 3.05) is 12.4 Å². The van der Waals surface area contributed by atoms with Crippen LogP contribution in [0.3, 0.4) is 0 Å². The van der Waals surface area contributed by atoms with Gasteiger partial charge in [0.15, 0.2) is 22.4 Å². The van der Waals surface area contributed by atoms with Crippen molar-refractivity contribution in [1.82, 2.24) is 19.6 Å². The van der Waals surface area contributed by atoms with Gasteiger partial charge in [0.2, 0.25) is 0 Å². The number of aryl methyl sites for hydroxylation is 1. The van der Waals surface area contributed by atoms with E-state index in [1.54, 1.807) is 29.0 Å². The lowest BCUT2D eigenvalue weighted by Crippen LogP contribution is -2.07. The molecule has 0 bridgehead atoms. The average Bonchev–Trinajstić information content (AvgIpc) is 3.28. The molecular weight excluding hydrogens is 388 g/mol. The molecule has 0 atom stereocenters. The summed E-state index contributed by atoms with van der Waals surface area (Å²) in [5.41, 5.74) is 1.22. The third-order valence-corrected chi connectivity index (χ3v) is 4.91. The van der Waals surface area contributed by atoms with Gasteiger partial charge in [0.25, 0.3) is 5.56 Å². The van der Waals surface area contributed by atoms with Crippen molar-refractivity contribution in [3.8, 4) is 17.3 Å². The maximum absolute atomic E-state index is 11.7. The number of nitrogens with zero attached hydrogens (tertiary/aromatic N) is 3. The third kappa shape index (κ3) is 3.86. The van der Waals surface area contributed by atoms with E-state index >= 15 is 0 Å². The van der Waals surface area contributed by atoms with Gasteiger partial charge in [-0.2, -0.15) is 4.98 Å². The van der Waals surface area contributed by atoms with E-state index in [1.807, 2.05) is 19.1 Å². The van der Waals surface area contributed by atoms with Crippen LogP contribution in [0.25, 0.3) is 17.2 Å². The number of H-pyrrole nitrogens is 1. The van der Waals surface area contributed by atoms with E-state index in [2.05, 4.69) is 15.1 Å². The Labute approximate surface area is 163 Å². The summed E-state index contributed by atoms with van der Waals surface area (Å²) >= 11 is 7.41. The fraction of sp³-hybridized carbons (Fsp3) is 0.167. The number of furan rings is 1. The first-order valence-electron chi connectivity index (χ1n) is 8.15. The van der Waals surface area contributed by atoms with Crippen molar-refractivity contribution in [1.29, 1.82) is 0 Å². The van der Waals surface area contributed by atoms with Crippen LogP contribution in [0.4, 0.5) is 0 Å². The van der Waals surface area contributed by atoms with Gasteiger partial charge in [0.1, 0.15) is 5.75 Å². The maximum atomic E-state index is 11.7. The van der Waals surface area contributed by atoms with Crippen LogP contribution >= 0.6 is 23.4 Å². The Morgan fingerprint density at radius 3 is 2.96 bits per heavy atom. The van der Waals surface area contributed by atoms with Crippen molar-refractivity contribution in [3.63, 3.8) is 0 Å². The van der Waals surface area contributed by atoms with Gasteiger partial charge in [-0.3, -0.25) is 9.89 Å². The number of aromatic nitrogens is 4. The molecule has 0 unspecified atom stereocenters. The molecule has 4 aromatic rings. The molecule has 27 heavy (non-hydrogen) atoms. The van der Waals surface area contributed by atoms with Crippen molar-refractivity contribution < 1.29 is 9.15 Å². The van der Waals surface area contributed by atoms with Crippen LogP contribution in [0.5, 0.6) is 5.75 Å². The van der Waals surface area contributed by atoms with Crippen LogP contribution in [-0.2, 0) is 0 Å². The van der Waals surface area contributed by atoms with Gasteiger partial charge in [-0.25, -0.2) is 9.50 Å². The van der Waals surface area contributed by atoms with Gasteiger partial charge in [-0.15, -0.1) is 0 Å². The van der Waals surface area contributed by atoms with Gasteiger partial charge in [-0.05, 0) is 42.8 Å². The summed E-state index contributed by atoms with van der Waals surface area (Å²) in [4.78, 5) is 20.6. The molecular formula is C18H15ClN4O3S. The summed E-state index contributed by atoms with van der Waals surface area (Å²) in [5, 5.41) is 3.98. The second-order valence-electron chi connectivity index (χ2n) is 5.73. The summed E-state index contributed by atoms with van der Waals surface area (Å²) < 4.78 is 12.7. The van der Waals surface area contributed by atoms with Gasteiger partial charge in [-0.1, -0.05) is 23.4 Å². The minimum absolute atomic E-state index is 0.240. The fourth-order valence-electron chi connectivity index (χ4n) is 2.56. The topological polar surface area (TPSA) is 85.4 Å². The summed E-state index contributed by atoms with van der Waals surface area (Å²) in [6.45, 7) is 2.42. The molecule has 0 spiro atoms. The maximum Gasteiger partial charge on any atom is 0.266 e.